The molecular formula is C12H15NO. The smallest absolute Gasteiger partial charge is 0.167 e. The fourth-order valence-corrected chi connectivity index (χ4v) is 1.17. The highest BCUT2D eigenvalue weighted by Gasteiger charge is 2.06. The highest BCUT2D eigenvalue weighted by molar-refractivity contribution is 5.97. The molecule has 1 aromatic heterocycles. The van der Waals surface area contributed by atoms with E-state index in [1.807, 2.05) is 19.9 Å². The summed E-state index contributed by atoms with van der Waals surface area (Å²) in [4.78, 5) is 15.7. The number of hydrogen-bond acceptors (Lipinski definition) is 2. The first-order valence-corrected chi connectivity index (χ1v) is 4.76. The van der Waals surface area contributed by atoms with Gasteiger partial charge in [0.25, 0.3) is 0 Å². The average Bonchev–Trinajstić information content (AvgIpc) is 2.17. The van der Waals surface area contributed by atoms with Gasteiger partial charge in [0.05, 0.1) is 0 Å². The van der Waals surface area contributed by atoms with Crippen LogP contribution < -0.4 is 0 Å². The van der Waals surface area contributed by atoms with E-state index in [0.29, 0.717) is 6.42 Å². The van der Waals surface area contributed by atoms with E-state index in [1.54, 1.807) is 12.3 Å². The maximum absolute atomic E-state index is 11.7. The van der Waals surface area contributed by atoms with Crippen LogP contribution in [-0.4, -0.2) is 10.8 Å². The second-order valence-corrected chi connectivity index (χ2v) is 3.39. The summed E-state index contributed by atoms with van der Waals surface area (Å²) < 4.78 is 0. The summed E-state index contributed by atoms with van der Waals surface area (Å²) in [7, 11) is 0. The first kappa shape index (κ1) is 10.6. The first-order chi connectivity index (χ1) is 6.63. The summed E-state index contributed by atoms with van der Waals surface area (Å²) in [5.74, 6) is 0.127. The van der Waals surface area contributed by atoms with Crippen LogP contribution in [0.25, 0.3) is 0 Å². The molecular weight excluding hydrogens is 174 g/mol. The van der Waals surface area contributed by atoms with Crippen molar-refractivity contribution < 1.29 is 4.79 Å². The number of aromatic nitrogens is 1. The number of nitrogens with zero attached hydrogens (tertiary/aromatic N) is 1. The molecule has 0 aliphatic heterocycles. The van der Waals surface area contributed by atoms with Crippen molar-refractivity contribution in [2.24, 2.45) is 0 Å². The van der Waals surface area contributed by atoms with Crippen LogP contribution in [0.5, 0.6) is 0 Å². The van der Waals surface area contributed by atoms with E-state index >= 15 is 0 Å². The van der Waals surface area contributed by atoms with Crippen molar-refractivity contribution in [2.45, 2.75) is 26.7 Å². The van der Waals surface area contributed by atoms with Gasteiger partial charge in [-0.1, -0.05) is 19.1 Å². The second-order valence-electron chi connectivity index (χ2n) is 3.39. The topological polar surface area (TPSA) is 30.0 Å². The molecule has 74 valence electrons. The Hall–Kier alpha value is -1.44. The van der Waals surface area contributed by atoms with Crippen LogP contribution in [-0.2, 0) is 0 Å². The van der Waals surface area contributed by atoms with Gasteiger partial charge in [-0.3, -0.25) is 9.78 Å². The number of ketones is 1. The number of allylic oxidation sites excluding steroid dienone is 1. The van der Waals surface area contributed by atoms with Crippen LogP contribution in [0.2, 0.25) is 0 Å². The quantitative estimate of drug-likeness (QED) is 0.538. The number of carbonyl (C=O) groups is 1. The fraction of sp³-hybridized carbons (Fsp3) is 0.333. The third-order valence-electron chi connectivity index (χ3n) is 2.13. The molecule has 0 saturated carbocycles. The molecule has 0 unspecified atom stereocenters. The van der Waals surface area contributed by atoms with Crippen LogP contribution in [0.3, 0.4) is 0 Å². The molecule has 0 bridgehead atoms. The normalized spacial score (nSPS) is 9.86. The van der Waals surface area contributed by atoms with Gasteiger partial charge in [-0.15, -0.1) is 0 Å². The predicted octanol–water partition coefficient (Wildman–Crippen LogP) is 2.93. The van der Waals surface area contributed by atoms with Gasteiger partial charge in [-0.25, -0.2) is 0 Å². The molecule has 2 nitrogen and oxygen atoms in total. The van der Waals surface area contributed by atoms with E-state index in [2.05, 4.69) is 11.6 Å². The zero-order valence-corrected chi connectivity index (χ0v) is 8.71. The van der Waals surface area contributed by atoms with E-state index in [9.17, 15) is 4.79 Å². The van der Waals surface area contributed by atoms with Crippen molar-refractivity contribution in [3.05, 3.63) is 41.7 Å². The first-order valence-electron chi connectivity index (χ1n) is 4.76. The lowest BCUT2D eigenvalue weighted by molar-refractivity contribution is 0.0992. The zero-order valence-electron chi connectivity index (χ0n) is 8.71. The Labute approximate surface area is 84.7 Å². The van der Waals surface area contributed by atoms with Crippen molar-refractivity contribution in [1.82, 2.24) is 4.98 Å². The number of Topliss-reactive ketones (excluding diaryl/α,β-unsaturated/α-hetero) is 1. The molecule has 14 heavy (non-hydrogen) atoms. The summed E-state index contributed by atoms with van der Waals surface area (Å²) >= 11 is 0. The zero-order chi connectivity index (χ0) is 10.6. The molecule has 0 aliphatic carbocycles. The Morgan fingerprint density at radius 1 is 1.57 bits per heavy atom. The molecule has 0 aromatic carbocycles. The monoisotopic (exact) mass is 189 g/mol. The maximum Gasteiger partial charge on any atom is 0.167 e. The van der Waals surface area contributed by atoms with Gasteiger partial charge in [0.1, 0.15) is 0 Å². The van der Waals surface area contributed by atoms with Crippen LogP contribution in [0.15, 0.2) is 30.5 Å². The summed E-state index contributed by atoms with van der Waals surface area (Å²) in [6, 6.07) is 3.56. The van der Waals surface area contributed by atoms with Gasteiger partial charge in [0.15, 0.2) is 5.78 Å². The highest BCUT2D eigenvalue weighted by Crippen LogP contribution is 2.10. The highest BCUT2D eigenvalue weighted by atomic mass is 16.1. The number of hydrogen-bond donors (Lipinski definition) is 0. The van der Waals surface area contributed by atoms with Gasteiger partial charge in [-0.2, -0.15) is 0 Å². The molecule has 0 saturated heterocycles. The summed E-state index contributed by atoms with van der Waals surface area (Å²) in [6.07, 6.45) is 2.97. The molecule has 0 fully saturated rings. The predicted molar refractivity (Wildman–Crippen MR) is 57.4 cm³/mol. The molecule has 1 heterocycles. The number of carbonyl (C=O) groups excluding carboxylic acids is 1. The molecule has 0 N–H and O–H groups in total. The van der Waals surface area contributed by atoms with Crippen LogP contribution in [0.4, 0.5) is 0 Å². The van der Waals surface area contributed by atoms with Crippen molar-refractivity contribution in [1.29, 1.82) is 0 Å². The molecule has 2 heteroatoms. The second kappa shape index (κ2) is 4.70. The van der Waals surface area contributed by atoms with Gasteiger partial charge < -0.3 is 0 Å². The molecule has 0 spiro atoms. The Bertz CT molecular complexity index is 355. The molecule has 0 amide bonds. The van der Waals surface area contributed by atoms with Gasteiger partial charge in [-0.05, 0) is 25.5 Å². The van der Waals surface area contributed by atoms with E-state index in [4.69, 9.17) is 0 Å². The third kappa shape index (κ3) is 2.80. The molecule has 0 radical (unpaired) electrons. The van der Waals surface area contributed by atoms with E-state index in [1.165, 1.54) is 0 Å². The number of rotatable bonds is 4. The minimum absolute atomic E-state index is 0.127. The Morgan fingerprint density at radius 2 is 2.29 bits per heavy atom. The Morgan fingerprint density at radius 3 is 2.86 bits per heavy atom. The van der Waals surface area contributed by atoms with Crippen molar-refractivity contribution in [3.63, 3.8) is 0 Å². The lowest BCUT2D eigenvalue weighted by atomic mass is 10.0. The van der Waals surface area contributed by atoms with Crippen molar-refractivity contribution in [3.8, 4) is 0 Å². The fourth-order valence-electron chi connectivity index (χ4n) is 1.17. The van der Waals surface area contributed by atoms with Crippen LogP contribution in [0.1, 0.15) is 35.8 Å². The molecule has 0 aliphatic rings. The van der Waals surface area contributed by atoms with Crippen LogP contribution in [0, 0.1) is 6.92 Å². The average molecular weight is 189 g/mol. The number of aryl methyl sites for hydroxylation is 1. The number of pyridine rings is 1. The van der Waals surface area contributed by atoms with Crippen LogP contribution >= 0.6 is 0 Å². The largest absolute Gasteiger partial charge is 0.294 e. The molecule has 0 atom stereocenters. The minimum atomic E-state index is 0.127. The minimum Gasteiger partial charge on any atom is -0.294 e. The maximum atomic E-state index is 11.7. The van der Waals surface area contributed by atoms with E-state index in [-0.39, 0.29) is 5.78 Å². The lowest BCUT2D eigenvalue weighted by Crippen LogP contribution is -2.01. The van der Waals surface area contributed by atoms with E-state index in [0.717, 1.165) is 23.3 Å². The van der Waals surface area contributed by atoms with Crippen molar-refractivity contribution >= 4 is 5.78 Å². The Balaban J connectivity index is 2.75. The lowest BCUT2D eigenvalue weighted by Gasteiger charge is -2.02. The Kier molecular flexibility index (Phi) is 3.57. The van der Waals surface area contributed by atoms with Gasteiger partial charge in [0, 0.05) is 23.9 Å². The molecule has 1 aromatic rings. The van der Waals surface area contributed by atoms with Gasteiger partial charge >= 0.3 is 0 Å². The van der Waals surface area contributed by atoms with Crippen molar-refractivity contribution in [2.75, 3.05) is 0 Å². The third-order valence-corrected chi connectivity index (χ3v) is 2.13. The van der Waals surface area contributed by atoms with E-state index < -0.39 is 0 Å². The standard InChI is InChI=1S/C12H15NO/c1-4-9(2)7-12(14)11-5-6-13-10(3)8-11/h5-6,8H,2,4,7H2,1,3H3. The van der Waals surface area contributed by atoms with Gasteiger partial charge in [0.2, 0.25) is 0 Å². The molecule has 1 rings (SSSR count). The SMILES string of the molecule is C=C(CC)CC(=O)c1ccnc(C)c1. The summed E-state index contributed by atoms with van der Waals surface area (Å²) in [6.45, 7) is 7.71. The summed E-state index contributed by atoms with van der Waals surface area (Å²) in [5.41, 5.74) is 2.58. The summed E-state index contributed by atoms with van der Waals surface area (Å²) in [5, 5.41) is 0.